The molecule has 0 atom stereocenters. The first kappa shape index (κ1) is 7.97. The summed E-state index contributed by atoms with van der Waals surface area (Å²) in [4.78, 5) is 0. The van der Waals surface area contributed by atoms with Crippen LogP contribution in [0.2, 0.25) is 0 Å². The second-order valence-corrected chi connectivity index (χ2v) is 3.57. The van der Waals surface area contributed by atoms with Crippen molar-refractivity contribution in [2.45, 2.75) is 0 Å². The van der Waals surface area contributed by atoms with E-state index in [0.717, 1.165) is 6.54 Å². The highest BCUT2D eigenvalue weighted by Crippen LogP contribution is 2.13. The Bertz CT molecular complexity index is 166. The van der Waals surface area contributed by atoms with Gasteiger partial charge in [-0.2, -0.15) is 0 Å². The predicted molar refractivity (Wildman–Crippen MR) is 39.3 cm³/mol. The van der Waals surface area contributed by atoms with Gasteiger partial charge in [-0.1, -0.05) is 0 Å². The van der Waals surface area contributed by atoms with Crippen LogP contribution in [0.1, 0.15) is 0 Å². The Morgan fingerprint density at radius 1 is 1.60 bits per heavy atom. The molecule has 0 aromatic heterocycles. The average Bonchev–Trinajstić information content (AvgIpc) is 1.76. The van der Waals surface area contributed by atoms with Crippen molar-refractivity contribution in [1.29, 1.82) is 0 Å². The Morgan fingerprint density at radius 3 is 2.60 bits per heavy atom. The normalized spacial score (nSPS) is 21.4. The summed E-state index contributed by atoms with van der Waals surface area (Å²) < 4.78 is 22.0. The van der Waals surface area contributed by atoms with Crippen LogP contribution in [-0.2, 0) is 10.9 Å². The molecule has 10 heavy (non-hydrogen) atoms. The van der Waals surface area contributed by atoms with Gasteiger partial charge in [-0.25, -0.2) is 12.7 Å². The third kappa shape index (κ3) is 1.68. The Hall–Kier alpha value is -0.130. The number of nitrogens with one attached hydrogen (secondary N) is 1. The maximum absolute atomic E-state index is 10.3. The van der Waals surface area contributed by atoms with Crippen molar-refractivity contribution in [1.82, 2.24) is 9.62 Å². The monoisotopic (exact) mass is 164 g/mol. The third-order valence-corrected chi connectivity index (χ3v) is 2.45. The maximum Gasteiger partial charge on any atom is 0.203 e. The van der Waals surface area contributed by atoms with Crippen LogP contribution in [0.25, 0.3) is 0 Å². The molecule has 0 aliphatic carbocycles. The average molecular weight is 164 g/mol. The lowest BCUT2D eigenvalue weighted by atomic mass is 10.0. The Kier molecular flexibility index (Phi) is 2.64. The van der Waals surface area contributed by atoms with Crippen LogP contribution < -0.4 is 5.32 Å². The summed E-state index contributed by atoms with van der Waals surface area (Å²) >= 11 is 0. The van der Waals surface area contributed by atoms with Crippen LogP contribution in [0.3, 0.4) is 0 Å². The van der Waals surface area contributed by atoms with Crippen molar-refractivity contribution in [3.05, 3.63) is 0 Å². The van der Waals surface area contributed by atoms with Crippen molar-refractivity contribution in [3.8, 4) is 0 Å². The summed E-state index contributed by atoms with van der Waals surface area (Å²) in [6.07, 6.45) is 0. The molecule has 0 aromatic rings. The van der Waals surface area contributed by atoms with Gasteiger partial charge in [0.25, 0.3) is 0 Å². The maximum atomic E-state index is 10.3. The Labute approximate surface area is 62.3 Å². The highest BCUT2D eigenvalue weighted by molar-refractivity contribution is 7.69. The van der Waals surface area contributed by atoms with Crippen molar-refractivity contribution in [3.63, 3.8) is 0 Å². The van der Waals surface area contributed by atoms with Gasteiger partial charge >= 0.3 is 0 Å². The van der Waals surface area contributed by atoms with Crippen molar-refractivity contribution in [2.24, 2.45) is 5.92 Å². The van der Waals surface area contributed by atoms with E-state index in [1.165, 1.54) is 4.31 Å². The standard InChI is InChI=1S/C5H12N2O2S/c1-6-2-5-3-7(4-5)10(8)9/h5-6,10H,2-4H2,1H3. The van der Waals surface area contributed by atoms with Crippen LogP contribution in [0, 0.1) is 5.92 Å². The molecule has 1 rings (SSSR count). The van der Waals surface area contributed by atoms with E-state index in [1.807, 2.05) is 7.05 Å². The fourth-order valence-corrected chi connectivity index (χ4v) is 1.82. The molecule has 1 aliphatic rings. The minimum atomic E-state index is -2.31. The topological polar surface area (TPSA) is 49.4 Å². The first-order chi connectivity index (χ1) is 4.74. The van der Waals surface area contributed by atoms with Crippen LogP contribution >= 0.6 is 0 Å². The fraction of sp³-hybridized carbons (Fsp3) is 1.00. The van der Waals surface area contributed by atoms with Crippen LogP contribution in [-0.4, -0.2) is 39.4 Å². The lowest BCUT2D eigenvalue weighted by molar-refractivity contribution is 0.205. The molecule has 0 saturated carbocycles. The Balaban J connectivity index is 2.18. The summed E-state index contributed by atoms with van der Waals surface area (Å²) in [5, 5.41) is 3.01. The highest BCUT2D eigenvalue weighted by Gasteiger charge is 2.27. The van der Waals surface area contributed by atoms with Gasteiger partial charge in [0.2, 0.25) is 10.9 Å². The molecule has 0 radical (unpaired) electrons. The summed E-state index contributed by atoms with van der Waals surface area (Å²) in [7, 11) is -0.432. The fourth-order valence-electron chi connectivity index (χ4n) is 1.09. The summed E-state index contributed by atoms with van der Waals surface area (Å²) in [5.41, 5.74) is 0. The predicted octanol–water partition coefficient (Wildman–Crippen LogP) is -1.34. The second kappa shape index (κ2) is 3.32. The zero-order valence-corrected chi connectivity index (χ0v) is 6.80. The third-order valence-electron chi connectivity index (χ3n) is 1.66. The minimum Gasteiger partial charge on any atom is -0.319 e. The molecule has 0 amide bonds. The van der Waals surface area contributed by atoms with Gasteiger partial charge in [0, 0.05) is 19.6 Å². The SMILES string of the molecule is CNCC1CN([SH](=O)=O)C1. The van der Waals surface area contributed by atoms with Crippen molar-refractivity contribution < 1.29 is 8.42 Å². The van der Waals surface area contributed by atoms with Gasteiger partial charge < -0.3 is 5.32 Å². The van der Waals surface area contributed by atoms with E-state index in [2.05, 4.69) is 5.32 Å². The van der Waals surface area contributed by atoms with E-state index in [4.69, 9.17) is 0 Å². The quantitative estimate of drug-likeness (QED) is 0.508. The molecule has 0 aromatic carbocycles. The van der Waals surface area contributed by atoms with E-state index in [0.29, 0.717) is 19.0 Å². The van der Waals surface area contributed by atoms with Gasteiger partial charge in [0.15, 0.2) is 0 Å². The van der Waals surface area contributed by atoms with Gasteiger partial charge in [-0.15, -0.1) is 0 Å². The molecule has 1 aliphatic heterocycles. The molecule has 1 N–H and O–H groups in total. The van der Waals surface area contributed by atoms with Crippen LogP contribution in [0.4, 0.5) is 0 Å². The zero-order valence-electron chi connectivity index (χ0n) is 5.91. The number of hydrogen-bond donors (Lipinski definition) is 2. The first-order valence-corrected chi connectivity index (χ1v) is 4.41. The molecule has 60 valence electrons. The molecule has 0 unspecified atom stereocenters. The highest BCUT2D eigenvalue weighted by atomic mass is 32.2. The summed E-state index contributed by atoms with van der Waals surface area (Å²) in [5.74, 6) is 0.526. The molecular weight excluding hydrogens is 152 g/mol. The number of nitrogens with zero attached hydrogens (tertiary/aromatic N) is 1. The van der Waals surface area contributed by atoms with E-state index in [9.17, 15) is 8.42 Å². The van der Waals surface area contributed by atoms with E-state index in [-0.39, 0.29) is 0 Å². The molecule has 1 heterocycles. The van der Waals surface area contributed by atoms with E-state index >= 15 is 0 Å². The molecule has 0 spiro atoms. The van der Waals surface area contributed by atoms with Gasteiger partial charge in [-0.3, -0.25) is 0 Å². The lowest BCUT2D eigenvalue weighted by Crippen LogP contribution is -2.49. The Morgan fingerprint density at radius 2 is 2.20 bits per heavy atom. The summed E-state index contributed by atoms with van der Waals surface area (Å²) in [6, 6.07) is 0. The van der Waals surface area contributed by atoms with Gasteiger partial charge in [0.1, 0.15) is 0 Å². The second-order valence-electron chi connectivity index (χ2n) is 2.53. The molecule has 5 heteroatoms. The van der Waals surface area contributed by atoms with Crippen LogP contribution in [0.15, 0.2) is 0 Å². The van der Waals surface area contributed by atoms with Gasteiger partial charge in [-0.05, 0) is 13.0 Å². The number of thiol groups is 1. The van der Waals surface area contributed by atoms with E-state index < -0.39 is 10.9 Å². The van der Waals surface area contributed by atoms with Crippen LogP contribution in [0.5, 0.6) is 0 Å². The molecule has 1 fully saturated rings. The molecule has 0 bridgehead atoms. The molecular formula is C5H12N2O2S. The van der Waals surface area contributed by atoms with Crippen molar-refractivity contribution in [2.75, 3.05) is 26.7 Å². The molecule has 1 saturated heterocycles. The smallest absolute Gasteiger partial charge is 0.203 e. The van der Waals surface area contributed by atoms with Crippen molar-refractivity contribution >= 4 is 10.9 Å². The summed E-state index contributed by atoms with van der Waals surface area (Å²) in [6.45, 7) is 2.30. The first-order valence-electron chi connectivity index (χ1n) is 3.28. The van der Waals surface area contributed by atoms with E-state index in [1.54, 1.807) is 0 Å². The number of hydrogen-bond acceptors (Lipinski definition) is 3. The minimum absolute atomic E-state index is 0.526. The van der Waals surface area contributed by atoms with Gasteiger partial charge in [0.05, 0.1) is 0 Å². The zero-order chi connectivity index (χ0) is 7.56. The largest absolute Gasteiger partial charge is 0.319 e. The molecule has 4 nitrogen and oxygen atoms in total. The number of rotatable bonds is 3. The lowest BCUT2D eigenvalue weighted by Gasteiger charge is -2.34.